The Morgan fingerprint density at radius 1 is 1.30 bits per heavy atom. The third-order valence-electron chi connectivity index (χ3n) is 3.16. The van der Waals surface area contributed by atoms with Crippen molar-refractivity contribution in [3.8, 4) is 0 Å². The van der Waals surface area contributed by atoms with Crippen molar-refractivity contribution in [2.24, 2.45) is 0 Å². The molecule has 1 aromatic rings. The number of ether oxygens (including phenoxy) is 1. The molecule has 1 heterocycles. The van der Waals surface area contributed by atoms with Crippen LogP contribution in [0.2, 0.25) is 5.02 Å². The van der Waals surface area contributed by atoms with Gasteiger partial charge in [-0.25, -0.2) is 4.79 Å². The topological polar surface area (TPSA) is 58.6 Å². The Balaban J connectivity index is 1.75. The van der Waals surface area contributed by atoms with Gasteiger partial charge in [-0.3, -0.25) is 9.69 Å². The Morgan fingerprint density at radius 3 is 2.60 bits per heavy atom. The van der Waals surface area contributed by atoms with Gasteiger partial charge in [0.15, 0.2) is 0 Å². The molecule has 0 saturated carbocycles. The predicted molar refractivity (Wildman–Crippen MR) is 75.4 cm³/mol. The van der Waals surface area contributed by atoms with Gasteiger partial charge in [-0.05, 0) is 24.1 Å². The molecule has 0 bridgehead atoms. The Kier molecular flexibility index (Phi) is 4.98. The molecule has 0 aromatic heterocycles. The van der Waals surface area contributed by atoms with Crippen molar-refractivity contribution in [1.29, 1.82) is 0 Å². The second-order valence-corrected chi connectivity index (χ2v) is 5.02. The zero-order valence-corrected chi connectivity index (χ0v) is 12.0. The van der Waals surface area contributed by atoms with Crippen molar-refractivity contribution in [2.75, 3.05) is 13.2 Å². The first kappa shape index (κ1) is 14.8. The molecule has 3 amide bonds. The Morgan fingerprint density at radius 2 is 2.00 bits per heavy atom. The highest BCUT2D eigenvalue weighted by atomic mass is 35.5. The summed E-state index contributed by atoms with van der Waals surface area (Å²) in [6.07, 6.45) is 0.604. The number of rotatable bonds is 6. The lowest BCUT2D eigenvalue weighted by Gasteiger charge is -2.13. The van der Waals surface area contributed by atoms with E-state index in [1.54, 1.807) is 12.1 Å². The van der Waals surface area contributed by atoms with Crippen LogP contribution in [0.1, 0.15) is 18.9 Å². The summed E-state index contributed by atoms with van der Waals surface area (Å²) in [6, 6.07) is 6.62. The minimum Gasteiger partial charge on any atom is -0.375 e. The quantitative estimate of drug-likeness (QED) is 0.646. The third kappa shape index (κ3) is 3.49. The molecule has 1 N–H and O–H groups in total. The average molecular weight is 297 g/mol. The molecule has 1 saturated heterocycles. The van der Waals surface area contributed by atoms with Crippen molar-refractivity contribution in [2.45, 2.75) is 26.0 Å². The predicted octanol–water partition coefficient (Wildman–Crippen LogP) is 2.19. The second-order valence-electron chi connectivity index (χ2n) is 4.58. The largest absolute Gasteiger partial charge is 0.375 e. The summed E-state index contributed by atoms with van der Waals surface area (Å²) in [7, 11) is 0. The summed E-state index contributed by atoms with van der Waals surface area (Å²) in [5.41, 5.74) is 0.998. The van der Waals surface area contributed by atoms with E-state index in [4.69, 9.17) is 16.3 Å². The molecule has 1 fully saturated rings. The number of urea groups is 1. The fraction of sp³-hybridized carbons (Fsp3) is 0.429. The number of hydrogen-bond donors (Lipinski definition) is 1. The first-order chi connectivity index (χ1) is 9.61. The van der Waals surface area contributed by atoms with E-state index in [0.717, 1.165) is 5.56 Å². The molecule has 1 aliphatic rings. The molecule has 0 aliphatic carbocycles. The van der Waals surface area contributed by atoms with E-state index in [2.05, 4.69) is 5.32 Å². The fourth-order valence-electron chi connectivity index (χ4n) is 1.99. The first-order valence-corrected chi connectivity index (χ1v) is 6.93. The van der Waals surface area contributed by atoms with Gasteiger partial charge in [0.2, 0.25) is 0 Å². The molecule has 1 unspecified atom stereocenters. The molecule has 6 heteroatoms. The van der Waals surface area contributed by atoms with Crippen LogP contribution in [0.25, 0.3) is 0 Å². The molecular formula is C14H17ClN2O3. The van der Waals surface area contributed by atoms with Crippen LogP contribution in [-0.2, 0) is 16.1 Å². The van der Waals surface area contributed by atoms with Gasteiger partial charge in [-0.1, -0.05) is 30.7 Å². The maximum atomic E-state index is 11.8. The molecule has 1 aromatic carbocycles. The highest BCUT2D eigenvalue weighted by molar-refractivity contribution is 6.30. The monoisotopic (exact) mass is 296 g/mol. The van der Waals surface area contributed by atoms with Crippen LogP contribution in [0.4, 0.5) is 4.79 Å². The first-order valence-electron chi connectivity index (χ1n) is 6.56. The highest BCUT2D eigenvalue weighted by Crippen LogP contribution is 2.11. The number of nitrogens with zero attached hydrogens (tertiary/aromatic N) is 1. The average Bonchev–Trinajstić information content (AvgIpc) is 2.72. The summed E-state index contributed by atoms with van der Waals surface area (Å²) >= 11 is 5.79. The SMILES string of the molecule is CCC1NC(=O)N(CCOCc2ccc(Cl)cc2)C1=O. The van der Waals surface area contributed by atoms with E-state index in [1.165, 1.54) is 4.90 Å². The standard InChI is InChI=1S/C14H17ClN2O3/c1-2-12-13(18)17(14(19)16-12)7-8-20-9-10-3-5-11(15)6-4-10/h3-6,12H,2,7-9H2,1H3,(H,16,19). The van der Waals surface area contributed by atoms with Crippen LogP contribution in [-0.4, -0.2) is 36.0 Å². The normalized spacial score (nSPS) is 18.5. The van der Waals surface area contributed by atoms with Gasteiger partial charge in [-0.15, -0.1) is 0 Å². The van der Waals surface area contributed by atoms with E-state index in [0.29, 0.717) is 24.7 Å². The van der Waals surface area contributed by atoms with Gasteiger partial charge in [0.05, 0.1) is 19.8 Å². The van der Waals surface area contributed by atoms with Crippen molar-refractivity contribution < 1.29 is 14.3 Å². The highest BCUT2D eigenvalue weighted by Gasteiger charge is 2.36. The molecule has 20 heavy (non-hydrogen) atoms. The zero-order chi connectivity index (χ0) is 14.5. The fourth-order valence-corrected chi connectivity index (χ4v) is 2.12. The molecule has 5 nitrogen and oxygen atoms in total. The molecule has 1 atom stereocenters. The summed E-state index contributed by atoms with van der Waals surface area (Å²) in [6.45, 7) is 2.88. The van der Waals surface area contributed by atoms with Crippen LogP contribution < -0.4 is 5.32 Å². The lowest BCUT2D eigenvalue weighted by molar-refractivity contribution is -0.128. The van der Waals surface area contributed by atoms with Gasteiger partial charge in [0.1, 0.15) is 6.04 Å². The lowest BCUT2D eigenvalue weighted by atomic mass is 10.2. The van der Waals surface area contributed by atoms with E-state index < -0.39 is 6.04 Å². The molecule has 108 valence electrons. The van der Waals surface area contributed by atoms with Crippen LogP contribution >= 0.6 is 11.6 Å². The van der Waals surface area contributed by atoms with Crippen LogP contribution in [0.5, 0.6) is 0 Å². The number of halogens is 1. The number of carbonyl (C=O) groups excluding carboxylic acids is 2. The summed E-state index contributed by atoms with van der Waals surface area (Å²) < 4.78 is 5.47. The van der Waals surface area contributed by atoms with E-state index >= 15 is 0 Å². The van der Waals surface area contributed by atoms with Gasteiger partial charge in [0, 0.05) is 5.02 Å². The smallest absolute Gasteiger partial charge is 0.324 e. The van der Waals surface area contributed by atoms with Crippen molar-refractivity contribution >= 4 is 23.5 Å². The van der Waals surface area contributed by atoms with Crippen LogP contribution in [0, 0.1) is 0 Å². The Bertz CT molecular complexity index is 490. The Hall–Kier alpha value is -1.59. The summed E-state index contributed by atoms with van der Waals surface area (Å²) in [5.74, 6) is -0.174. The van der Waals surface area contributed by atoms with Crippen molar-refractivity contribution in [3.63, 3.8) is 0 Å². The summed E-state index contributed by atoms with van der Waals surface area (Å²) in [5, 5.41) is 3.31. The van der Waals surface area contributed by atoms with Crippen LogP contribution in [0.3, 0.4) is 0 Å². The number of amides is 3. The number of imide groups is 1. The van der Waals surface area contributed by atoms with Gasteiger partial charge in [-0.2, -0.15) is 0 Å². The van der Waals surface area contributed by atoms with Crippen molar-refractivity contribution in [3.05, 3.63) is 34.9 Å². The number of benzene rings is 1. The van der Waals surface area contributed by atoms with Gasteiger partial charge in [0.25, 0.3) is 5.91 Å². The van der Waals surface area contributed by atoms with Crippen LogP contribution in [0.15, 0.2) is 24.3 Å². The maximum Gasteiger partial charge on any atom is 0.324 e. The number of hydrogen-bond acceptors (Lipinski definition) is 3. The van der Waals surface area contributed by atoms with E-state index in [9.17, 15) is 9.59 Å². The summed E-state index contributed by atoms with van der Waals surface area (Å²) in [4.78, 5) is 24.6. The molecule has 2 rings (SSSR count). The third-order valence-corrected chi connectivity index (χ3v) is 3.41. The second kappa shape index (κ2) is 6.72. The van der Waals surface area contributed by atoms with E-state index in [1.807, 2.05) is 19.1 Å². The lowest BCUT2D eigenvalue weighted by Crippen LogP contribution is -2.34. The molecule has 0 spiro atoms. The molecular weight excluding hydrogens is 280 g/mol. The maximum absolute atomic E-state index is 11.8. The minimum atomic E-state index is -0.390. The molecule has 0 radical (unpaired) electrons. The molecule has 1 aliphatic heterocycles. The number of nitrogens with one attached hydrogen (secondary N) is 1. The minimum absolute atomic E-state index is 0.174. The number of carbonyl (C=O) groups is 2. The van der Waals surface area contributed by atoms with Crippen molar-refractivity contribution in [1.82, 2.24) is 10.2 Å². The van der Waals surface area contributed by atoms with E-state index in [-0.39, 0.29) is 18.5 Å². The van der Waals surface area contributed by atoms with Gasteiger partial charge < -0.3 is 10.1 Å². The zero-order valence-electron chi connectivity index (χ0n) is 11.3. The van der Waals surface area contributed by atoms with Gasteiger partial charge >= 0.3 is 6.03 Å². The Labute approximate surface area is 122 Å².